The minimum Gasteiger partial charge on any atom is -0.486 e. The second kappa shape index (κ2) is 6.43. The van der Waals surface area contributed by atoms with Crippen LogP contribution in [0.3, 0.4) is 0 Å². The van der Waals surface area contributed by atoms with Crippen LogP contribution in [0.1, 0.15) is 35.3 Å². The molecule has 1 unspecified atom stereocenters. The van der Waals surface area contributed by atoms with Gasteiger partial charge in [-0.15, -0.1) is 0 Å². The molecule has 25 heavy (non-hydrogen) atoms. The molecule has 0 radical (unpaired) electrons. The number of ether oxygens (including phenoxy) is 2. The summed E-state index contributed by atoms with van der Waals surface area (Å²) in [6.45, 7) is 3.13. The van der Waals surface area contributed by atoms with Crippen molar-refractivity contribution in [1.82, 2.24) is 20.7 Å². The Balaban J connectivity index is 1.55. The molecule has 0 fully saturated rings. The summed E-state index contributed by atoms with van der Waals surface area (Å²) in [4.78, 5) is 12.6. The maximum Gasteiger partial charge on any atom is 0.251 e. The molecule has 0 bridgehead atoms. The van der Waals surface area contributed by atoms with Gasteiger partial charge in [-0.25, -0.2) is 0 Å². The highest BCUT2D eigenvalue weighted by atomic mass is 16.6. The molecule has 0 spiro atoms. The Labute approximate surface area is 144 Å². The lowest BCUT2D eigenvalue weighted by atomic mass is 10.0. The summed E-state index contributed by atoms with van der Waals surface area (Å²) in [5.74, 6) is 1.32. The first-order valence-corrected chi connectivity index (χ1v) is 8.25. The number of rotatable bonds is 4. The maximum absolute atomic E-state index is 12.6. The fourth-order valence-electron chi connectivity index (χ4n) is 2.92. The first-order valence-electron chi connectivity index (χ1n) is 8.25. The zero-order chi connectivity index (χ0) is 17.2. The Bertz CT molecular complexity index is 922. The molecule has 1 aromatic heterocycles. The minimum atomic E-state index is -0.147. The Morgan fingerprint density at radius 3 is 2.76 bits per heavy atom. The van der Waals surface area contributed by atoms with Crippen molar-refractivity contribution in [1.29, 1.82) is 0 Å². The Morgan fingerprint density at radius 1 is 1.12 bits per heavy atom. The molecule has 0 aliphatic carbocycles. The number of carbonyl (C=O) groups excluding carboxylic acids is 1. The first kappa shape index (κ1) is 15.4. The van der Waals surface area contributed by atoms with Crippen LogP contribution in [-0.2, 0) is 0 Å². The van der Waals surface area contributed by atoms with Gasteiger partial charge in [-0.2, -0.15) is 15.4 Å². The van der Waals surface area contributed by atoms with Crippen molar-refractivity contribution in [3.8, 4) is 11.5 Å². The van der Waals surface area contributed by atoms with Crippen molar-refractivity contribution in [2.45, 2.75) is 19.4 Å². The number of nitrogens with zero attached hydrogens (tertiary/aromatic N) is 2. The maximum atomic E-state index is 12.6. The second-order valence-corrected chi connectivity index (χ2v) is 5.86. The van der Waals surface area contributed by atoms with Gasteiger partial charge in [0.1, 0.15) is 24.2 Å². The van der Waals surface area contributed by atoms with Crippen LogP contribution in [0.5, 0.6) is 11.5 Å². The Morgan fingerprint density at radius 2 is 1.92 bits per heavy atom. The zero-order valence-electron chi connectivity index (χ0n) is 13.8. The molecule has 4 rings (SSSR count). The van der Waals surface area contributed by atoms with Crippen LogP contribution in [-0.4, -0.2) is 34.5 Å². The number of fused-ring (bicyclic) bond motifs is 2. The predicted molar refractivity (Wildman–Crippen MR) is 91.8 cm³/mol. The molecule has 1 aliphatic rings. The van der Waals surface area contributed by atoms with Crippen LogP contribution < -0.4 is 14.8 Å². The van der Waals surface area contributed by atoms with Crippen molar-refractivity contribution >= 4 is 16.9 Å². The SMILES string of the molecule is CCC(NC(=O)c1ccc2n[nH]nc2c1)c1ccc2c(c1)OCCO2. The lowest BCUT2D eigenvalue weighted by Gasteiger charge is -2.22. The average Bonchev–Trinajstić information content (AvgIpc) is 3.13. The zero-order valence-corrected chi connectivity index (χ0v) is 13.8. The van der Waals surface area contributed by atoms with E-state index in [1.165, 1.54) is 0 Å². The molecule has 2 N–H and O–H groups in total. The summed E-state index contributed by atoms with van der Waals surface area (Å²) in [5.41, 5.74) is 2.94. The third-order valence-corrected chi connectivity index (χ3v) is 4.26. The molecule has 1 aliphatic heterocycles. The fraction of sp³-hybridized carbons (Fsp3) is 0.278. The molecule has 0 saturated heterocycles. The number of nitrogens with one attached hydrogen (secondary N) is 2. The van der Waals surface area contributed by atoms with Crippen LogP contribution in [0.25, 0.3) is 11.0 Å². The van der Waals surface area contributed by atoms with E-state index >= 15 is 0 Å². The lowest BCUT2D eigenvalue weighted by molar-refractivity contribution is 0.0935. The molecule has 1 atom stereocenters. The molecular weight excluding hydrogens is 320 g/mol. The van der Waals surface area contributed by atoms with E-state index in [-0.39, 0.29) is 11.9 Å². The lowest BCUT2D eigenvalue weighted by Crippen LogP contribution is -2.28. The van der Waals surface area contributed by atoms with E-state index in [9.17, 15) is 4.79 Å². The summed E-state index contributed by atoms with van der Waals surface area (Å²) >= 11 is 0. The highest BCUT2D eigenvalue weighted by molar-refractivity contribution is 5.97. The van der Waals surface area contributed by atoms with E-state index in [1.54, 1.807) is 18.2 Å². The van der Waals surface area contributed by atoms with Crippen molar-refractivity contribution in [2.75, 3.05) is 13.2 Å². The normalized spacial score (nSPS) is 14.3. The number of hydrogen-bond donors (Lipinski definition) is 2. The quantitative estimate of drug-likeness (QED) is 0.763. The van der Waals surface area contributed by atoms with E-state index < -0.39 is 0 Å². The van der Waals surface area contributed by atoms with E-state index in [4.69, 9.17) is 9.47 Å². The van der Waals surface area contributed by atoms with Crippen molar-refractivity contribution in [2.24, 2.45) is 0 Å². The standard InChI is InChI=1S/C18H18N4O3/c1-2-13(11-4-6-16-17(10-11)25-8-7-24-16)19-18(23)12-3-5-14-15(9-12)21-22-20-14/h3-6,9-10,13H,2,7-8H2,1H3,(H,19,23)(H,20,21,22). The topological polar surface area (TPSA) is 89.1 Å². The molecule has 2 heterocycles. The molecule has 7 heteroatoms. The molecule has 2 aromatic carbocycles. The summed E-state index contributed by atoms with van der Waals surface area (Å²) in [6, 6.07) is 10.9. The van der Waals surface area contributed by atoms with Crippen LogP contribution in [0.15, 0.2) is 36.4 Å². The number of aromatic amines is 1. The third-order valence-electron chi connectivity index (χ3n) is 4.26. The highest BCUT2D eigenvalue weighted by Gasteiger charge is 2.18. The van der Waals surface area contributed by atoms with Gasteiger partial charge in [-0.1, -0.05) is 13.0 Å². The predicted octanol–water partition coefficient (Wildman–Crippen LogP) is 2.61. The van der Waals surface area contributed by atoms with Gasteiger partial charge in [-0.05, 0) is 42.3 Å². The van der Waals surface area contributed by atoms with Gasteiger partial charge in [0.25, 0.3) is 5.91 Å². The number of amides is 1. The van der Waals surface area contributed by atoms with Crippen molar-refractivity contribution < 1.29 is 14.3 Å². The fourth-order valence-corrected chi connectivity index (χ4v) is 2.92. The summed E-state index contributed by atoms with van der Waals surface area (Å²) < 4.78 is 11.2. The third kappa shape index (κ3) is 3.00. The monoisotopic (exact) mass is 338 g/mol. The van der Waals surface area contributed by atoms with Crippen LogP contribution in [0.4, 0.5) is 0 Å². The Hall–Kier alpha value is -3.09. The summed E-state index contributed by atoms with van der Waals surface area (Å²) in [5, 5.41) is 13.6. The van der Waals surface area contributed by atoms with Gasteiger partial charge in [0, 0.05) is 5.56 Å². The van der Waals surface area contributed by atoms with E-state index in [0.29, 0.717) is 24.3 Å². The number of benzene rings is 2. The van der Waals surface area contributed by atoms with Crippen LogP contribution >= 0.6 is 0 Å². The number of H-pyrrole nitrogens is 1. The van der Waals surface area contributed by atoms with Crippen LogP contribution in [0.2, 0.25) is 0 Å². The smallest absolute Gasteiger partial charge is 0.251 e. The van der Waals surface area contributed by atoms with Crippen molar-refractivity contribution in [3.05, 3.63) is 47.5 Å². The number of carbonyl (C=O) groups is 1. The molecule has 0 saturated carbocycles. The molecule has 3 aromatic rings. The molecular formula is C18H18N4O3. The van der Waals surface area contributed by atoms with Gasteiger partial charge in [-0.3, -0.25) is 4.79 Å². The van der Waals surface area contributed by atoms with E-state index in [2.05, 4.69) is 20.7 Å². The van der Waals surface area contributed by atoms with E-state index in [1.807, 2.05) is 25.1 Å². The van der Waals surface area contributed by atoms with E-state index in [0.717, 1.165) is 29.0 Å². The van der Waals surface area contributed by atoms with Gasteiger partial charge >= 0.3 is 0 Å². The molecule has 7 nitrogen and oxygen atoms in total. The minimum absolute atomic E-state index is 0.115. The number of aromatic nitrogens is 3. The Kier molecular flexibility index (Phi) is 3.97. The second-order valence-electron chi connectivity index (χ2n) is 5.86. The largest absolute Gasteiger partial charge is 0.486 e. The number of hydrogen-bond acceptors (Lipinski definition) is 5. The molecule has 128 valence electrons. The van der Waals surface area contributed by atoms with Gasteiger partial charge in [0.05, 0.1) is 6.04 Å². The molecule has 1 amide bonds. The highest BCUT2D eigenvalue weighted by Crippen LogP contribution is 2.33. The van der Waals surface area contributed by atoms with Gasteiger partial charge in [0.2, 0.25) is 0 Å². The summed E-state index contributed by atoms with van der Waals surface area (Å²) in [7, 11) is 0. The summed E-state index contributed by atoms with van der Waals surface area (Å²) in [6.07, 6.45) is 0.761. The van der Waals surface area contributed by atoms with Gasteiger partial charge < -0.3 is 14.8 Å². The van der Waals surface area contributed by atoms with Crippen LogP contribution in [0, 0.1) is 0 Å². The van der Waals surface area contributed by atoms with Gasteiger partial charge in [0.15, 0.2) is 11.5 Å². The first-order chi connectivity index (χ1) is 12.2. The van der Waals surface area contributed by atoms with Crippen molar-refractivity contribution in [3.63, 3.8) is 0 Å². The average molecular weight is 338 g/mol.